The predicted molar refractivity (Wildman–Crippen MR) is 70.4 cm³/mol. The Bertz CT molecular complexity index is 221. The van der Waals surface area contributed by atoms with Crippen molar-refractivity contribution in [2.24, 2.45) is 16.5 Å². The molecule has 0 saturated carbocycles. The number of nitrogens with zero attached hydrogens (tertiary/aromatic N) is 2. The second-order valence-corrected chi connectivity index (χ2v) is 4.35. The van der Waals surface area contributed by atoms with Crippen LogP contribution in [-0.2, 0) is 4.79 Å². The van der Waals surface area contributed by atoms with Crippen LogP contribution < -0.4 is 11.5 Å². The highest BCUT2D eigenvalue weighted by molar-refractivity contribution is 14.1. The molecule has 5 N–H and O–H groups in total. The van der Waals surface area contributed by atoms with Crippen molar-refractivity contribution in [1.82, 2.24) is 3.11 Å². The van der Waals surface area contributed by atoms with Crippen LogP contribution in [-0.4, -0.2) is 39.8 Å². The fourth-order valence-corrected chi connectivity index (χ4v) is 1.46. The van der Waals surface area contributed by atoms with Crippen molar-refractivity contribution in [3.63, 3.8) is 0 Å². The van der Waals surface area contributed by atoms with Crippen LogP contribution in [0.25, 0.3) is 0 Å². The summed E-state index contributed by atoms with van der Waals surface area (Å²) in [5.41, 5.74) is 10.3. The van der Waals surface area contributed by atoms with E-state index in [1.54, 1.807) is 10.2 Å². The van der Waals surface area contributed by atoms with Crippen LogP contribution in [0.4, 0.5) is 0 Å². The molecule has 1 unspecified atom stereocenters. The van der Waals surface area contributed by atoms with Crippen LogP contribution in [0.3, 0.4) is 0 Å². The lowest BCUT2D eigenvalue weighted by Crippen LogP contribution is -2.32. The first-order valence-electron chi connectivity index (χ1n) is 4.12. The molecule has 0 aromatic carbocycles. The van der Waals surface area contributed by atoms with E-state index in [1.165, 1.54) is 0 Å². The molecule has 0 fully saturated rings. The minimum absolute atomic E-state index is 0. The van der Waals surface area contributed by atoms with Crippen molar-refractivity contribution in [2.75, 3.05) is 13.6 Å². The molecule has 1 atom stereocenters. The number of hydrogen-bond donors (Lipinski definition) is 3. The summed E-state index contributed by atoms with van der Waals surface area (Å²) in [5, 5.41) is 8.82. The molecule has 0 aliphatic rings. The molecule has 0 aliphatic carbocycles. The zero-order valence-corrected chi connectivity index (χ0v) is 11.4. The van der Waals surface area contributed by atoms with Gasteiger partial charge in [-0.25, -0.2) is 3.11 Å². The van der Waals surface area contributed by atoms with E-state index in [4.69, 9.17) is 16.6 Å². The summed E-state index contributed by atoms with van der Waals surface area (Å²) < 4.78 is 1.63. The molecule has 0 rings (SSSR count). The smallest absolute Gasteiger partial charge is 0.321 e. The van der Waals surface area contributed by atoms with Gasteiger partial charge < -0.3 is 16.6 Å². The summed E-state index contributed by atoms with van der Waals surface area (Å²) in [4.78, 5) is 14.5. The number of aliphatic carboxylic acids is 1. The van der Waals surface area contributed by atoms with Gasteiger partial charge in [-0.2, -0.15) is 0 Å². The van der Waals surface area contributed by atoms with Gasteiger partial charge in [0.2, 0.25) is 0 Å². The second kappa shape index (κ2) is 8.98. The van der Waals surface area contributed by atoms with E-state index in [2.05, 4.69) is 4.99 Å². The third kappa shape index (κ3) is 8.70. The number of aliphatic imine (C=N–C) groups is 1. The molecule has 0 spiro atoms. The summed E-state index contributed by atoms with van der Waals surface area (Å²) in [7, 11) is 1.72. The first kappa shape index (κ1) is 17.1. The minimum atomic E-state index is -0.827. The van der Waals surface area contributed by atoms with Gasteiger partial charge in [-0.15, -0.1) is 12.4 Å². The van der Waals surface area contributed by atoms with E-state index in [0.717, 1.165) is 0 Å². The molecule has 0 aromatic heterocycles. The number of carboxylic acid groups (broad SMARTS) is 1. The number of halogens is 2. The Hall–Kier alpha value is -0.280. The monoisotopic (exact) mass is 350 g/mol. The molecule has 0 saturated heterocycles. The first-order chi connectivity index (χ1) is 6.45. The molecule has 0 bridgehead atoms. The maximum atomic E-state index is 10.7. The second-order valence-electron chi connectivity index (χ2n) is 2.83. The van der Waals surface area contributed by atoms with Crippen LogP contribution in [0.2, 0.25) is 0 Å². The fraction of sp³-hybridized carbons (Fsp3) is 0.714. The Kier molecular flexibility index (Phi) is 10.3. The topological polar surface area (TPSA) is 105 Å². The molecule has 0 aliphatic heterocycles. The van der Waals surface area contributed by atoms with Crippen molar-refractivity contribution in [3.05, 3.63) is 0 Å². The maximum absolute atomic E-state index is 10.7. The van der Waals surface area contributed by atoms with Crippen LogP contribution in [0, 0.1) is 0 Å². The molecule has 0 amide bonds. The van der Waals surface area contributed by atoms with E-state index in [0.29, 0.717) is 19.4 Å². The molecule has 8 heteroatoms. The lowest BCUT2D eigenvalue weighted by molar-refractivity contribution is -0.140. The van der Waals surface area contributed by atoms with Gasteiger partial charge in [0.25, 0.3) is 0 Å². The largest absolute Gasteiger partial charge is 0.480 e. The fourth-order valence-electron chi connectivity index (χ4n) is 0.946. The molecular formula is C7H16ClIN4O2. The minimum Gasteiger partial charge on any atom is -0.480 e. The van der Waals surface area contributed by atoms with Gasteiger partial charge in [0.05, 0.1) is 0 Å². The van der Waals surface area contributed by atoms with E-state index in [9.17, 15) is 4.79 Å². The van der Waals surface area contributed by atoms with Gasteiger partial charge in [0, 0.05) is 29.4 Å². The quantitative estimate of drug-likeness (QED) is 0.209. The number of guanidine groups is 1. The van der Waals surface area contributed by atoms with Crippen molar-refractivity contribution in [2.45, 2.75) is 18.9 Å². The highest BCUT2D eigenvalue weighted by Crippen LogP contribution is 2.09. The lowest BCUT2D eigenvalue weighted by atomic mass is 10.1. The standard InChI is InChI=1S/C7H15IN4O2.ClH/c1-12(8)5(6(13)14)3-2-4-11-7(9)10;/h5H,2-4H2,1H3,(H,13,14)(H4,9,10,11);1H. The van der Waals surface area contributed by atoms with Gasteiger partial charge in [-0.05, 0) is 19.9 Å². The van der Waals surface area contributed by atoms with E-state index < -0.39 is 12.0 Å². The van der Waals surface area contributed by atoms with E-state index in [-0.39, 0.29) is 18.4 Å². The number of rotatable bonds is 6. The summed E-state index contributed by atoms with van der Waals surface area (Å²) in [5.74, 6) is -0.786. The van der Waals surface area contributed by atoms with Crippen LogP contribution in [0.5, 0.6) is 0 Å². The Morgan fingerprint density at radius 3 is 2.47 bits per heavy atom. The summed E-state index contributed by atoms with van der Waals surface area (Å²) >= 11 is 1.95. The van der Waals surface area contributed by atoms with Crippen molar-refractivity contribution in [3.8, 4) is 0 Å². The van der Waals surface area contributed by atoms with E-state index in [1.807, 2.05) is 22.9 Å². The Balaban J connectivity index is 0. The molecule has 0 heterocycles. The third-order valence-electron chi connectivity index (χ3n) is 1.64. The summed E-state index contributed by atoms with van der Waals surface area (Å²) in [6.07, 6.45) is 1.19. The SMILES string of the molecule is CN(I)C(CCCN=C(N)N)C(=O)O.Cl. The molecule has 15 heavy (non-hydrogen) atoms. The molecular weight excluding hydrogens is 334 g/mol. The molecule has 90 valence electrons. The Labute approximate surface area is 109 Å². The summed E-state index contributed by atoms with van der Waals surface area (Å²) in [6.45, 7) is 0.469. The molecule has 0 aromatic rings. The average Bonchev–Trinajstić information content (AvgIpc) is 2.01. The van der Waals surface area contributed by atoms with E-state index >= 15 is 0 Å². The molecule has 0 radical (unpaired) electrons. The average molecular weight is 351 g/mol. The highest BCUT2D eigenvalue weighted by Gasteiger charge is 2.19. The normalized spacial score (nSPS) is 11.7. The van der Waals surface area contributed by atoms with Gasteiger partial charge >= 0.3 is 5.97 Å². The van der Waals surface area contributed by atoms with Crippen molar-refractivity contribution in [1.29, 1.82) is 0 Å². The zero-order valence-electron chi connectivity index (χ0n) is 8.39. The zero-order chi connectivity index (χ0) is 11.1. The Morgan fingerprint density at radius 2 is 2.13 bits per heavy atom. The van der Waals surface area contributed by atoms with Crippen LogP contribution in [0.1, 0.15) is 12.8 Å². The van der Waals surface area contributed by atoms with Gasteiger partial charge in [-0.3, -0.25) is 9.79 Å². The van der Waals surface area contributed by atoms with Crippen molar-refractivity contribution < 1.29 is 9.90 Å². The predicted octanol–water partition coefficient (Wildman–Crippen LogP) is 0.197. The number of hydrogen-bond acceptors (Lipinski definition) is 3. The van der Waals surface area contributed by atoms with Gasteiger partial charge in [0.15, 0.2) is 5.96 Å². The number of carbonyl (C=O) groups is 1. The first-order valence-corrected chi connectivity index (χ1v) is 5.08. The highest BCUT2D eigenvalue weighted by atomic mass is 127. The van der Waals surface area contributed by atoms with Gasteiger partial charge in [0.1, 0.15) is 6.04 Å². The number of likely N-dealkylation sites (N-methyl/N-ethyl adjacent to an activating group) is 1. The van der Waals surface area contributed by atoms with Gasteiger partial charge in [-0.1, -0.05) is 0 Å². The maximum Gasteiger partial charge on any atom is 0.321 e. The number of carboxylic acids is 1. The summed E-state index contributed by atoms with van der Waals surface area (Å²) in [6, 6.07) is -0.482. The molecule has 6 nitrogen and oxygen atoms in total. The van der Waals surface area contributed by atoms with Crippen molar-refractivity contribution >= 4 is 47.2 Å². The van der Waals surface area contributed by atoms with Crippen LogP contribution in [0.15, 0.2) is 4.99 Å². The Morgan fingerprint density at radius 1 is 1.60 bits per heavy atom. The third-order valence-corrected chi connectivity index (χ3v) is 2.32. The number of nitrogens with two attached hydrogens (primary N) is 2. The lowest BCUT2D eigenvalue weighted by Gasteiger charge is -2.16. The van der Waals surface area contributed by atoms with Crippen LogP contribution >= 0.6 is 35.3 Å².